The lowest BCUT2D eigenvalue weighted by Gasteiger charge is -2.07. The van der Waals surface area contributed by atoms with Crippen LogP contribution in [0.5, 0.6) is 5.75 Å². The van der Waals surface area contributed by atoms with Crippen LogP contribution in [0.15, 0.2) is 64.0 Å². The molecular formula is C19H16O4. The highest BCUT2D eigenvalue weighted by atomic mass is 16.5. The Labute approximate surface area is 133 Å². The third-order valence-corrected chi connectivity index (χ3v) is 3.52. The van der Waals surface area contributed by atoms with Crippen LogP contribution in [-0.4, -0.2) is 5.97 Å². The fourth-order valence-corrected chi connectivity index (χ4v) is 2.22. The molecule has 4 heteroatoms. The molecule has 0 unspecified atom stereocenters. The van der Waals surface area contributed by atoms with E-state index in [4.69, 9.17) is 9.15 Å². The van der Waals surface area contributed by atoms with Gasteiger partial charge in [-0.1, -0.05) is 44.2 Å². The van der Waals surface area contributed by atoms with Gasteiger partial charge in [0, 0.05) is 6.07 Å². The van der Waals surface area contributed by atoms with Crippen LogP contribution in [0.1, 0.15) is 13.8 Å². The van der Waals surface area contributed by atoms with Crippen molar-refractivity contribution in [2.75, 3.05) is 0 Å². The van der Waals surface area contributed by atoms with Gasteiger partial charge in [-0.3, -0.25) is 9.59 Å². The van der Waals surface area contributed by atoms with Crippen LogP contribution in [0.3, 0.4) is 0 Å². The van der Waals surface area contributed by atoms with E-state index in [1.54, 1.807) is 32.0 Å². The van der Waals surface area contributed by atoms with Crippen molar-refractivity contribution in [3.63, 3.8) is 0 Å². The molecule has 4 nitrogen and oxygen atoms in total. The molecule has 1 heterocycles. The van der Waals surface area contributed by atoms with E-state index in [0.29, 0.717) is 22.3 Å². The van der Waals surface area contributed by atoms with E-state index in [1.807, 2.05) is 30.3 Å². The maximum absolute atomic E-state index is 12.6. The second-order valence-electron chi connectivity index (χ2n) is 5.58. The van der Waals surface area contributed by atoms with Crippen LogP contribution in [0, 0.1) is 5.92 Å². The van der Waals surface area contributed by atoms with Crippen molar-refractivity contribution in [1.29, 1.82) is 0 Å². The van der Waals surface area contributed by atoms with Gasteiger partial charge in [-0.2, -0.15) is 0 Å². The lowest BCUT2D eigenvalue weighted by Crippen LogP contribution is -2.14. The molecule has 0 radical (unpaired) electrons. The van der Waals surface area contributed by atoms with Crippen LogP contribution < -0.4 is 10.2 Å². The first kappa shape index (κ1) is 15.0. The summed E-state index contributed by atoms with van der Waals surface area (Å²) in [7, 11) is 0. The Bertz CT molecular complexity index is 908. The predicted molar refractivity (Wildman–Crippen MR) is 88.4 cm³/mol. The average molecular weight is 308 g/mol. The molecule has 0 saturated carbocycles. The molecule has 0 aliphatic heterocycles. The molecule has 1 aromatic heterocycles. The van der Waals surface area contributed by atoms with Gasteiger partial charge in [0.25, 0.3) is 0 Å². The molecule has 0 atom stereocenters. The molecule has 0 bridgehead atoms. The van der Waals surface area contributed by atoms with E-state index >= 15 is 0 Å². The molecule has 0 spiro atoms. The summed E-state index contributed by atoms with van der Waals surface area (Å²) in [6, 6.07) is 14.1. The Kier molecular flexibility index (Phi) is 3.98. The lowest BCUT2D eigenvalue weighted by molar-refractivity contribution is -0.137. The highest BCUT2D eigenvalue weighted by molar-refractivity contribution is 5.83. The summed E-state index contributed by atoms with van der Waals surface area (Å²) in [4.78, 5) is 24.2. The van der Waals surface area contributed by atoms with Crippen molar-refractivity contribution in [2.45, 2.75) is 13.8 Å². The fraction of sp³-hybridized carbons (Fsp3) is 0.158. The second kappa shape index (κ2) is 6.08. The van der Waals surface area contributed by atoms with E-state index in [-0.39, 0.29) is 17.3 Å². The van der Waals surface area contributed by atoms with Gasteiger partial charge in [-0.05, 0) is 17.7 Å². The predicted octanol–water partition coefficient (Wildman–Crippen LogP) is 4.02. The number of hydrogen-bond acceptors (Lipinski definition) is 4. The molecule has 0 aliphatic carbocycles. The van der Waals surface area contributed by atoms with Gasteiger partial charge >= 0.3 is 5.97 Å². The molecule has 0 amide bonds. The van der Waals surface area contributed by atoms with Gasteiger partial charge in [0.05, 0.1) is 16.9 Å². The Morgan fingerprint density at radius 1 is 1.09 bits per heavy atom. The monoisotopic (exact) mass is 308 g/mol. The van der Waals surface area contributed by atoms with Gasteiger partial charge in [-0.15, -0.1) is 0 Å². The Balaban J connectivity index is 2.04. The van der Waals surface area contributed by atoms with Gasteiger partial charge in [0.2, 0.25) is 0 Å². The summed E-state index contributed by atoms with van der Waals surface area (Å²) in [5.41, 5.74) is 1.59. The topological polar surface area (TPSA) is 56.5 Å². The van der Waals surface area contributed by atoms with Crippen LogP contribution in [-0.2, 0) is 4.79 Å². The first-order valence-electron chi connectivity index (χ1n) is 7.39. The number of fused-ring (bicyclic) bond motifs is 1. The first-order valence-corrected chi connectivity index (χ1v) is 7.39. The van der Waals surface area contributed by atoms with Gasteiger partial charge in [0.1, 0.15) is 17.6 Å². The second-order valence-corrected chi connectivity index (χ2v) is 5.58. The number of hydrogen-bond donors (Lipinski definition) is 0. The zero-order valence-corrected chi connectivity index (χ0v) is 12.9. The van der Waals surface area contributed by atoms with Gasteiger partial charge in [0.15, 0.2) is 5.43 Å². The fourth-order valence-electron chi connectivity index (χ4n) is 2.22. The minimum absolute atomic E-state index is 0.112. The number of carbonyl (C=O) groups is 1. The molecular weight excluding hydrogens is 292 g/mol. The van der Waals surface area contributed by atoms with Crippen molar-refractivity contribution in [2.24, 2.45) is 5.92 Å². The summed E-state index contributed by atoms with van der Waals surface area (Å²) < 4.78 is 10.8. The van der Waals surface area contributed by atoms with E-state index in [2.05, 4.69) is 0 Å². The minimum atomic E-state index is -0.326. The zero-order chi connectivity index (χ0) is 16.4. The molecule has 0 fully saturated rings. The number of rotatable bonds is 3. The van der Waals surface area contributed by atoms with Gasteiger partial charge in [-0.25, -0.2) is 0 Å². The maximum atomic E-state index is 12.6. The van der Waals surface area contributed by atoms with E-state index in [9.17, 15) is 9.59 Å². The van der Waals surface area contributed by atoms with Crippen molar-refractivity contribution in [3.8, 4) is 16.9 Å². The lowest BCUT2D eigenvalue weighted by atomic mass is 10.1. The van der Waals surface area contributed by atoms with E-state index < -0.39 is 0 Å². The highest BCUT2D eigenvalue weighted by Crippen LogP contribution is 2.23. The van der Waals surface area contributed by atoms with Crippen LogP contribution in [0.4, 0.5) is 0 Å². The quantitative estimate of drug-likeness (QED) is 0.541. The Hall–Kier alpha value is -2.88. The number of esters is 1. The largest absolute Gasteiger partial charge is 0.463 e. The van der Waals surface area contributed by atoms with E-state index in [1.165, 1.54) is 6.26 Å². The van der Waals surface area contributed by atoms with Crippen LogP contribution in [0.25, 0.3) is 22.1 Å². The smallest absolute Gasteiger partial charge is 0.313 e. The maximum Gasteiger partial charge on any atom is 0.313 e. The highest BCUT2D eigenvalue weighted by Gasteiger charge is 2.13. The zero-order valence-electron chi connectivity index (χ0n) is 12.9. The summed E-state index contributed by atoms with van der Waals surface area (Å²) in [5, 5.41) is 0.454. The molecule has 3 rings (SSSR count). The third kappa shape index (κ3) is 3.01. The first-order chi connectivity index (χ1) is 11.1. The Morgan fingerprint density at radius 2 is 1.83 bits per heavy atom. The SMILES string of the molecule is CC(C)C(=O)Oc1ccc2c(=O)c(-c3ccccc3)coc2c1. The molecule has 3 aromatic rings. The van der Waals surface area contributed by atoms with Crippen molar-refractivity contribution in [1.82, 2.24) is 0 Å². The average Bonchev–Trinajstić information content (AvgIpc) is 2.56. The summed E-state index contributed by atoms with van der Waals surface area (Å²) in [6.45, 7) is 3.52. The van der Waals surface area contributed by atoms with Crippen molar-refractivity contribution in [3.05, 3.63) is 65.0 Å². The van der Waals surface area contributed by atoms with Crippen molar-refractivity contribution >= 4 is 16.9 Å². The summed E-state index contributed by atoms with van der Waals surface area (Å²) >= 11 is 0. The minimum Gasteiger partial charge on any atom is -0.463 e. The molecule has 116 valence electrons. The number of benzene rings is 2. The third-order valence-electron chi connectivity index (χ3n) is 3.52. The Morgan fingerprint density at radius 3 is 2.52 bits per heavy atom. The molecule has 0 saturated heterocycles. The number of ether oxygens (including phenoxy) is 1. The molecule has 2 aromatic carbocycles. The summed E-state index contributed by atoms with van der Waals surface area (Å²) in [6.07, 6.45) is 1.44. The van der Waals surface area contributed by atoms with Crippen LogP contribution >= 0.6 is 0 Å². The number of carbonyl (C=O) groups excluding carboxylic acids is 1. The summed E-state index contributed by atoms with van der Waals surface area (Å²) in [5.74, 6) is -0.183. The van der Waals surface area contributed by atoms with Crippen LogP contribution in [0.2, 0.25) is 0 Å². The molecule has 23 heavy (non-hydrogen) atoms. The van der Waals surface area contributed by atoms with Crippen molar-refractivity contribution < 1.29 is 13.9 Å². The van der Waals surface area contributed by atoms with E-state index in [0.717, 1.165) is 5.56 Å². The van der Waals surface area contributed by atoms with Gasteiger partial charge < -0.3 is 9.15 Å². The normalized spacial score (nSPS) is 10.9. The standard InChI is InChI=1S/C19H16O4/c1-12(2)19(21)23-14-8-9-15-17(10-14)22-11-16(18(15)20)13-6-4-3-5-7-13/h3-12H,1-2H3. The molecule has 0 N–H and O–H groups in total. The molecule has 0 aliphatic rings.